The van der Waals surface area contributed by atoms with Crippen LogP contribution >= 0.6 is 0 Å². The van der Waals surface area contributed by atoms with Gasteiger partial charge in [0, 0.05) is 17.9 Å². The molecule has 0 bridgehead atoms. The van der Waals surface area contributed by atoms with Crippen molar-refractivity contribution in [3.8, 4) is 6.07 Å². The molecule has 3 amide bonds. The number of hydrogen-bond donors (Lipinski definition) is 3. The number of amides is 3. The van der Waals surface area contributed by atoms with Crippen molar-refractivity contribution in [2.24, 2.45) is 22.7 Å². The number of nitriles is 1. The monoisotopic (exact) mass is 528 g/mol. The molecule has 0 aromatic heterocycles. The Morgan fingerprint density at radius 3 is 2.08 bits per heavy atom. The van der Waals surface area contributed by atoms with Gasteiger partial charge >= 0.3 is 6.18 Å². The Balaban J connectivity index is 2.13. The summed E-state index contributed by atoms with van der Waals surface area (Å²) in [4.78, 5) is 50.4. The van der Waals surface area contributed by atoms with Gasteiger partial charge in [0.1, 0.15) is 12.1 Å². The maximum Gasteiger partial charge on any atom is 0.449 e. The van der Waals surface area contributed by atoms with Crippen molar-refractivity contribution in [3.63, 3.8) is 0 Å². The van der Waals surface area contributed by atoms with Gasteiger partial charge in [-0.25, -0.2) is 0 Å². The van der Waals surface area contributed by atoms with Gasteiger partial charge in [0.25, 0.3) is 0 Å². The summed E-state index contributed by atoms with van der Waals surface area (Å²) in [5, 5.41) is 17.8. The Hall–Kier alpha value is -2.64. The van der Waals surface area contributed by atoms with E-state index < -0.39 is 64.9 Å². The Morgan fingerprint density at radius 1 is 1.05 bits per heavy atom. The molecule has 208 valence electrons. The highest BCUT2D eigenvalue weighted by atomic mass is 19.4. The second kappa shape index (κ2) is 11.0. The highest BCUT2D eigenvalue weighted by Gasteiger charge is 2.48. The molecule has 0 radical (unpaired) electrons. The maximum absolute atomic E-state index is 13.2. The van der Waals surface area contributed by atoms with Crippen LogP contribution in [0, 0.1) is 34.0 Å². The molecule has 1 heterocycles. The summed E-state index contributed by atoms with van der Waals surface area (Å²) in [5.74, 6) is -5.42. The van der Waals surface area contributed by atoms with E-state index in [9.17, 15) is 37.6 Å². The topological polar surface area (TPSA) is 128 Å². The quantitative estimate of drug-likeness (QED) is 0.422. The van der Waals surface area contributed by atoms with Gasteiger partial charge in [0.15, 0.2) is 0 Å². The molecule has 1 spiro atoms. The lowest BCUT2D eigenvalue weighted by Crippen LogP contribution is -2.54. The minimum Gasteiger partial charge on any atom is -0.350 e. The third-order valence-electron chi connectivity index (χ3n) is 7.09. The summed E-state index contributed by atoms with van der Waals surface area (Å²) in [7, 11) is 0. The highest BCUT2D eigenvalue weighted by Crippen LogP contribution is 2.44. The summed E-state index contributed by atoms with van der Waals surface area (Å²) in [6.45, 7) is 10.1. The van der Waals surface area contributed by atoms with E-state index in [0.29, 0.717) is 6.42 Å². The summed E-state index contributed by atoms with van der Waals surface area (Å²) < 4.78 is 38.8. The van der Waals surface area contributed by atoms with Gasteiger partial charge in [0.2, 0.25) is 23.5 Å². The molecule has 2 aliphatic rings. The molecule has 8 nitrogen and oxygen atoms in total. The number of ketones is 1. The molecular formula is C26H39F3N4O4. The SMILES string of the molecule is CC(C)(C)CC(NC(=O)C(CC(=O)C(F)(F)F)C(C)(C)C)C(=O)NC(C#N)CC1CCC2(CC2)NC1=O. The van der Waals surface area contributed by atoms with Gasteiger partial charge in [-0.2, -0.15) is 18.4 Å². The van der Waals surface area contributed by atoms with Gasteiger partial charge in [-0.1, -0.05) is 41.5 Å². The van der Waals surface area contributed by atoms with Gasteiger partial charge in [-0.05, 0) is 49.4 Å². The molecule has 4 atom stereocenters. The van der Waals surface area contributed by atoms with E-state index in [1.807, 2.05) is 26.8 Å². The number of piperidine rings is 1. The first kappa shape index (κ1) is 30.6. The maximum atomic E-state index is 13.2. The van der Waals surface area contributed by atoms with Crippen LogP contribution in [0.3, 0.4) is 0 Å². The Kier molecular flexibility index (Phi) is 9.09. The predicted octanol–water partition coefficient (Wildman–Crippen LogP) is 3.55. The Morgan fingerprint density at radius 2 is 1.65 bits per heavy atom. The van der Waals surface area contributed by atoms with Gasteiger partial charge in [-0.15, -0.1) is 0 Å². The van der Waals surface area contributed by atoms with E-state index in [2.05, 4.69) is 16.0 Å². The molecule has 0 aromatic carbocycles. The second-order valence-electron chi connectivity index (χ2n) is 12.8. The number of hydrogen-bond acceptors (Lipinski definition) is 5. The van der Waals surface area contributed by atoms with Crippen LogP contribution in [0.15, 0.2) is 0 Å². The number of alkyl halides is 3. The fourth-order valence-corrected chi connectivity index (χ4v) is 4.65. The smallest absolute Gasteiger partial charge is 0.350 e. The van der Waals surface area contributed by atoms with Crippen molar-refractivity contribution in [1.82, 2.24) is 16.0 Å². The van der Waals surface area contributed by atoms with Gasteiger partial charge < -0.3 is 16.0 Å². The van der Waals surface area contributed by atoms with Crippen LogP contribution in [-0.2, 0) is 19.2 Å². The first-order chi connectivity index (χ1) is 16.8. The number of nitrogens with one attached hydrogen (secondary N) is 3. The molecule has 0 aromatic rings. The van der Waals surface area contributed by atoms with Crippen molar-refractivity contribution in [1.29, 1.82) is 5.26 Å². The number of halogens is 3. The number of carbonyl (C=O) groups excluding carboxylic acids is 4. The number of nitrogens with zero attached hydrogens (tertiary/aromatic N) is 1. The summed E-state index contributed by atoms with van der Waals surface area (Å²) in [6.07, 6.45) is -2.53. The van der Waals surface area contributed by atoms with Crippen LogP contribution in [0.25, 0.3) is 0 Å². The summed E-state index contributed by atoms with van der Waals surface area (Å²) >= 11 is 0. The zero-order valence-electron chi connectivity index (χ0n) is 22.5. The van der Waals surface area contributed by atoms with Crippen molar-refractivity contribution in [2.75, 3.05) is 0 Å². The lowest BCUT2D eigenvalue weighted by atomic mass is 9.76. The van der Waals surface area contributed by atoms with E-state index in [1.165, 1.54) is 0 Å². The zero-order valence-corrected chi connectivity index (χ0v) is 22.5. The minimum atomic E-state index is -5.07. The zero-order chi connectivity index (χ0) is 28.4. The molecule has 4 unspecified atom stereocenters. The van der Waals surface area contributed by atoms with Crippen molar-refractivity contribution in [2.45, 2.75) is 110 Å². The predicted molar refractivity (Wildman–Crippen MR) is 130 cm³/mol. The van der Waals surface area contributed by atoms with E-state index in [4.69, 9.17) is 0 Å². The average Bonchev–Trinajstić information content (AvgIpc) is 3.48. The molecule has 3 N–H and O–H groups in total. The molecule has 2 rings (SSSR count). The molecule has 1 aliphatic carbocycles. The Labute approximate surface area is 216 Å². The molecule has 2 fully saturated rings. The van der Waals surface area contributed by atoms with Crippen LogP contribution in [0.1, 0.15) is 86.5 Å². The lowest BCUT2D eigenvalue weighted by Gasteiger charge is -2.33. The van der Waals surface area contributed by atoms with Crippen LogP contribution in [0.5, 0.6) is 0 Å². The summed E-state index contributed by atoms with van der Waals surface area (Å²) in [5.41, 5.74) is -1.55. The third-order valence-corrected chi connectivity index (χ3v) is 7.09. The first-order valence-corrected chi connectivity index (χ1v) is 12.7. The average molecular weight is 529 g/mol. The molecule has 37 heavy (non-hydrogen) atoms. The van der Waals surface area contributed by atoms with Crippen molar-refractivity contribution >= 4 is 23.5 Å². The van der Waals surface area contributed by atoms with Crippen LogP contribution in [0.2, 0.25) is 0 Å². The van der Waals surface area contributed by atoms with E-state index in [1.54, 1.807) is 20.8 Å². The molecule has 1 saturated carbocycles. The standard InChI is InChI=1S/C26H39F3N4O4/c1-23(2,3)13-18(32-21(36)17(24(4,5)6)12-19(34)26(27,28)29)22(37)31-16(14-30)11-15-7-8-25(9-10-25)33-20(15)35/h15-18H,7-13H2,1-6H3,(H,31,37)(H,32,36)(H,33,35). The van der Waals surface area contributed by atoms with E-state index in [-0.39, 0.29) is 24.3 Å². The fraction of sp³-hybridized carbons (Fsp3) is 0.808. The number of rotatable bonds is 9. The fourth-order valence-electron chi connectivity index (χ4n) is 4.65. The molecule has 1 saturated heterocycles. The summed E-state index contributed by atoms with van der Waals surface area (Å²) in [6, 6.07) is -0.130. The normalized spacial score (nSPS) is 21.7. The highest BCUT2D eigenvalue weighted by molar-refractivity contribution is 5.93. The van der Waals surface area contributed by atoms with Crippen LogP contribution in [0.4, 0.5) is 13.2 Å². The van der Waals surface area contributed by atoms with Crippen LogP contribution in [-0.4, -0.2) is 47.3 Å². The molecular weight excluding hydrogens is 489 g/mol. The lowest BCUT2D eigenvalue weighted by molar-refractivity contribution is -0.173. The van der Waals surface area contributed by atoms with E-state index >= 15 is 0 Å². The largest absolute Gasteiger partial charge is 0.449 e. The van der Waals surface area contributed by atoms with Crippen LogP contribution < -0.4 is 16.0 Å². The molecule has 1 aliphatic heterocycles. The first-order valence-electron chi connectivity index (χ1n) is 12.7. The van der Waals surface area contributed by atoms with E-state index in [0.717, 1.165) is 19.3 Å². The number of Topliss-reactive ketones (excluding diaryl/α,β-unsaturated/α-hetero) is 1. The third kappa shape index (κ3) is 9.00. The van der Waals surface area contributed by atoms with Gasteiger partial charge in [-0.3, -0.25) is 19.2 Å². The second-order valence-corrected chi connectivity index (χ2v) is 12.8. The van der Waals surface area contributed by atoms with Crippen molar-refractivity contribution < 1.29 is 32.3 Å². The minimum absolute atomic E-state index is 0.0991. The van der Waals surface area contributed by atoms with Crippen molar-refractivity contribution in [3.05, 3.63) is 0 Å². The number of carbonyl (C=O) groups is 4. The Bertz CT molecular complexity index is 939. The molecule has 11 heteroatoms. The van der Waals surface area contributed by atoms with Gasteiger partial charge in [0.05, 0.1) is 12.0 Å².